The van der Waals surface area contributed by atoms with E-state index in [0.717, 1.165) is 28.8 Å². The molecule has 0 saturated carbocycles. The molecule has 0 aliphatic rings. The first kappa shape index (κ1) is 24.5. The fourth-order valence-corrected chi connectivity index (χ4v) is 4.36. The van der Waals surface area contributed by atoms with Crippen molar-refractivity contribution in [2.24, 2.45) is 0 Å². The van der Waals surface area contributed by atoms with Gasteiger partial charge in [0.05, 0.1) is 29.7 Å². The topological polar surface area (TPSA) is 89.0 Å². The average Bonchev–Trinajstić information content (AvgIpc) is 3.09. The fourth-order valence-electron chi connectivity index (χ4n) is 4.36. The minimum atomic E-state index is -0.862. The van der Waals surface area contributed by atoms with E-state index in [-0.39, 0.29) is 0 Å². The van der Waals surface area contributed by atoms with Crippen molar-refractivity contribution in [2.75, 3.05) is 12.3 Å². The quantitative estimate of drug-likeness (QED) is 0.286. The molecule has 6 heteroatoms. The number of aromatic nitrogens is 3. The molecule has 0 atom stereocenters. The first-order valence-corrected chi connectivity index (χ1v) is 12.4. The Hall–Kier alpha value is -2.18. The summed E-state index contributed by atoms with van der Waals surface area (Å²) in [5, 5.41) is 15.1. The van der Waals surface area contributed by atoms with Crippen molar-refractivity contribution in [1.29, 1.82) is 0 Å². The van der Waals surface area contributed by atoms with E-state index in [0.29, 0.717) is 24.4 Å². The van der Waals surface area contributed by atoms with Crippen LogP contribution >= 0.6 is 0 Å². The highest BCUT2D eigenvalue weighted by atomic mass is 16.3. The third-order valence-electron chi connectivity index (χ3n) is 5.97. The van der Waals surface area contributed by atoms with Gasteiger partial charge in [0.2, 0.25) is 0 Å². The highest BCUT2D eigenvalue weighted by Gasteiger charge is 2.22. The molecule has 0 unspecified atom stereocenters. The molecule has 2 heterocycles. The normalized spacial score (nSPS) is 12.2. The molecule has 0 amide bonds. The van der Waals surface area contributed by atoms with E-state index in [1.165, 1.54) is 57.8 Å². The van der Waals surface area contributed by atoms with E-state index in [1.807, 2.05) is 38.1 Å². The number of anilines is 1. The Labute approximate surface area is 192 Å². The van der Waals surface area contributed by atoms with Gasteiger partial charge in [0.1, 0.15) is 11.3 Å². The lowest BCUT2D eigenvalue weighted by Crippen LogP contribution is -2.28. The van der Waals surface area contributed by atoms with E-state index in [9.17, 15) is 5.11 Å². The van der Waals surface area contributed by atoms with Gasteiger partial charge >= 0.3 is 0 Å². The maximum atomic E-state index is 10.6. The third-order valence-corrected chi connectivity index (χ3v) is 5.97. The molecule has 3 aromatic rings. The summed E-state index contributed by atoms with van der Waals surface area (Å²) < 4.78 is 2.11. The van der Waals surface area contributed by atoms with Gasteiger partial charge in [-0.25, -0.2) is 9.97 Å². The summed E-state index contributed by atoms with van der Waals surface area (Å²) >= 11 is 0. The molecular formula is C26H41N5O. The second kappa shape index (κ2) is 11.6. The summed E-state index contributed by atoms with van der Waals surface area (Å²) in [7, 11) is 0. The molecule has 0 aliphatic heterocycles. The maximum absolute atomic E-state index is 10.6. The van der Waals surface area contributed by atoms with Crippen molar-refractivity contribution in [3.05, 3.63) is 30.1 Å². The van der Waals surface area contributed by atoms with Crippen LogP contribution in [-0.2, 0) is 13.1 Å². The van der Waals surface area contributed by atoms with Crippen LogP contribution in [0.3, 0.4) is 0 Å². The molecule has 0 saturated heterocycles. The number of nitrogens with two attached hydrogens (primary N) is 1. The first-order chi connectivity index (χ1) is 15.4. The Kier molecular flexibility index (Phi) is 8.88. The molecular weight excluding hydrogens is 398 g/mol. The Morgan fingerprint density at radius 2 is 1.62 bits per heavy atom. The summed E-state index contributed by atoms with van der Waals surface area (Å²) in [6.45, 7) is 7.98. The average molecular weight is 440 g/mol. The van der Waals surface area contributed by atoms with Crippen LogP contribution in [0.15, 0.2) is 24.3 Å². The maximum Gasteiger partial charge on any atom is 0.152 e. The van der Waals surface area contributed by atoms with E-state index in [1.54, 1.807) is 0 Å². The van der Waals surface area contributed by atoms with E-state index >= 15 is 0 Å². The highest BCUT2D eigenvalue weighted by Crippen LogP contribution is 2.29. The standard InChI is InChI=1S/C26H41N5O/c1-4-5-6-7-8-9-10-11-14-17-28-18-22-30-23-24(31(22)19-26(2,3)32)20-15-12-13-16-21(20)29-25(23)27/h12-13,15-16,28,32H,4-11,14,17-19H2,1-3H3,(H2,27,29). The number of nitrogens with zero attached hydrogens (tertiary/aromatic N) is 3. The van der Waals surface area contributed by atoms with Gasteiger partial charge in [-0.2, -0.15) is 0 Å². The number of rotatable bonds is 14. The van der Waals surface area contributed by atoms with Crippen molar-refractivity contribution >= 4 is 27.8 Å². The molecule has 176 valence electrons. The van der Waals surface area contributed by atoms with E-state index in [4.69, 9.17) is 10.7 Å². The number of aliphatic hydroxyl groups is 1. The number of hydrogen-bond acceptors (Lipinski definition) is 5. The zero-order valence-electron chi connectivity index (χ0n) is 20.2. The van der Waals surface area contributed by atoms with Crippen LogP contribution in [0.25, 0.3) is 21.9 Å². The van der Waals surface area contributed by atoms with Crippen molar-refractivity contribution in [3.63, 3.8) is 0 Å². The van der Waals surface area contributed by atoms with Crippen LogP contribution in [0.1, 0.15) is 84.4 Å². The number of unbranched alkanes of at least 4 members (excludes halogenated alkanes) is 8. The van der Waals surface area contributed by atoms with Gasteiger partial charge in [-0.15, -0.1) is 0 Å². The van der Waals surface area contributed by atoms with Gasteiger partial charge in [-0.05, 0) is 32.9 Å². The first-order valence-electron chi connectivity index (χ1n) is 12.4. The molecule has 32 heavy (non-hydrogen) atoms. The van der Waals surface area contributed by atoms with Crippen molar-refractivity contribution in [3.8, 4) is 0 Å². The van der Waals surface area contributed by atoms with Crippen LogP contribution in [0.5, 0.6) is 0 Å². The summed E-state index contributed by atoms with van der Waals surface area (Å²) in [6, 6.07) is 7.98. The molecule has 1 aromatic carbocycles. The Morgan fingerprint density at radius 3 is 2.31 bits per heavy atom. The smallest absolute Gasteiger partial charge is 0.152 e. The summed E-state index contributed by atoms with van der Waals surface area (Å²) in [4.78, 5) is 9.37. The van der Waals surface area contributed by atoms with Gasteiger partial charge in [-0.3, -0.25) is 0 Å². The van der Waals surface area contributed by atoms with Crippen molar-refractivity contribution < 1.29 is 5.11 Å². The molecule has 3 rings (SSSR count). The van der Waals surface area contributed by atoms with E-state index in [2.05, 4.69) is 21.8 Å². The minimum Gasteiger partial charge on any atom is -0.389 e. The molecule has 0 fully saturated rings. The minimum absolute atomic E-state index is 0.438. The zero-order valence-corrected chi connectivity index (χ0v) is 20.2. The number of nitrogen functional groups attached to an aromatic ring is 1. The number of pyridine rings is 1. The number of para-hydroxylation sites is 1. The van der Waals surface area contributed by atoms with Gasteiger partial charge in [0.15, 0.2) is 5.82 Å². The van der Waals surface area contributed by atoms with Gasteiger partial charge < -0.3 is 20.7 Å². The molecule has 2 aromatic heterocycles. The highest BCUT2D eigenvalue weighted by molar-refractivity contribution is 6.06. The Balaban J connectivity index is 1.62. The SMILES string of the molecule is CCCCCCCCCCCNCc1nc2c(N)nc3ccccc3c2n1CC(C)(C)O. The van der Waals surface area contributed by atoms with Crippen molar-refractivity contribution in [1.82, 2.24) is 19.9 Å². The molecule has 0 bridgehead atoms. The lowest BCUT2D eigenvalue weighted by molar-refractivity contribution is 0.0618. The number of nitrogens with one attached hydrogen (secondary N) is 1. The summed E-state index contributed by atoms with van der Waals surface area (Å²) in [5.74, 6) is 1.33. The second-order valence-electron chi connectivity index (χ2n) is 9.64. The Morgan fingerprint density at radius 1 is 0.969 bits per heavy atom. The molecule has 0 spiro atoms. The molecule has 6 nitrogen and oxygen atoms in total. The van der Waals surface area contributed by atoms with Crippen LogP contribution in [0, 0.1) is 0 Å². The molecule has 0 radical (unpaired) electrons. The van der Waals surface area contributed by atoms with Crippen LogP contribution < -0.4 is 11.1 Å². The number of benzene rings is 1. The van der Waals surface area contributed by atoms with Gasteiger partial charge in [0.25, 0.3) is 0 Å². The number of imidazole rings is 1. The van der Waals surface area contributed by atoms with Gasteiger partial charge in [-0.1, -0.05) is 76.5 Å². The van der Waals surface area contributed by atoms with Gasteiger partial charge in [0, 0.05) is 5.39 Å². The summed E-state index contributed by atoms with van der Waals surface area (Å²) in [6.07, 6.45) is 11.9. The zero-order chi connectivity index (χ0) is 23.0. The lowest BCUT2D eigenvalue weighted by atomic mass is 10.1. The summed E-state index contributed by atoms with van der Waals surface area (Å²) in [5.41, 5.74) is 7.92. The largest absolute Gasteiger partial charge is 0.389 e. The predicted molar refractivity (Wildman–Crippen MR) is 135 cm³/mol. The van der Waals surface area contributed by atoms with Crippen LogP contribution in [0.2, 0.25) is 0 Å². The number of hydrogen-bond donors (Lipinski definition) is 3. The molecule has 4 N–H and O–H groups in total. The fraction of sp³-hybridized carbons (Fsp3) is 0.615. The van der Waals surface area contributed by atoms with Crippen LogP contribution in [-0.4, -0.2) is 31.8 Å². The monoisotopic (exact) mass is 439 g/mol. The van der Waals surface area contributed by atoms with Crippen LogP contribution in [0.4, 0.5) is 5.82 Å². The lowest BCUT2D eigenvalue weighted by Gasteiger charge is -2.21. The third kappa shape index (κ3) is 6.66. The second-order valence-corrected chi connectivity index (χ2v) is 9.64. The predicted octanol–water partition coefficient (Wildman–Crippen LogP) is 5.56. The number of fused-ring (bicyclic) bond motifs is 3. The van der Waals surface area contributed by atoms with E-state index < -0.39 is 5.60 Å². The Bertz CT molecular complexity index is 989. The molecule has 0 aliphatic carbocycles. The van der Waals surface area contributed by atoms with Crippen molar-refractivity contribution in [2.45, 2.75) is 97.2 Å².